The number of Topliss-reactive ketones (excluding diaryl/α,β-unsaturated/α-hetero) is 1. The van der Waals surface area contributed by atoms with Crippen LogP contribution in [0.2, 0.25) is 0 Å². The van der Waals surface area contributed by atoms with E-state index >= 15 is 0 Å². The fourth-order valence-electron chi connectivity index (χ4n) is 1.61. The summed E-state index contributed by atoms with van der Waals surface area (Å²) < 4.78 is 40.3. The normalized spacial score (nSPS) is 13.3. The fraction of sp³-hybridized carbons (Fsp3) is 0.312. The van der Waals surface area contributed by atoms with Gasteiger partial charge in [-0.05, 0) is 45.0 Å². The lowest BCUT2D eigenvalue weighted by atomic mass is 10.2. The molecule has 1 unspecified atom stereocenters. The van der Waals surface area contributed by atoms with E-state index in [9.17, 15) is 22.8 Å². The van der Waals surface area contributed by atoms with Crippen LogP contribution in [0.4, 0.5) is 5.69 Å². The molecule has 0 fully saturated rings. The summed E-state index contributed by atoms with van der Waals surface area (Å²) in [5.74, 6) is -2.38. The topological polar surface area (TPSA) is 149 Å². The van der Waals surface area contributed by atoms with Crippen LogP contribution in [-0.2, 0) is 34.0 Å². The molecule has 0 spiro atoms. The first kappa shape index (κ1) is 22.1. The quantitative estimate of drug-likeness (QED) is 0.174. The molecule has 0 saturated heterocycles. The van der Waals surface area contributed by atoms with Crippen LogP contribution in [-0.4, -0.2) is 43.3 Å². The third-order valence-electron chi connectivity index (χ3n) is 2.98. The van der Waals surface area contributed by atoms with E-state index in [0.29, 0.717) is 0 Å². The summed E-state index contributed by atoms with van der Waals surface area (Å²) in [7, 11) is -4.35. The molecule has 0 radical (unpaired) electrons. The Kier molecular flexibility index (Phi) is 7.94. The van der Waals surface area contributed by atoms with Gasteiger partial charge in [0.05, 0.1) is 22.8 Å². The van der Waals surface area contributed by atoms with Crippen LogP contribution in [0.1, 0.15) is 20.8 Å². The van der Waals surface area contributed by atoms with Crippen molar-refractivity contribution in [1.82, 2.24) is 0 Å². The molecule has 0 aliphatic heterocycles. The molecule has 0 aliphatic rings. The third-order valence-corrected chi connectivity index (χ3v) is 3.85. The third kappa shape index (κ3) is 7.07. The number of nitrogens with zero attached hydrogens (tertiary/aromatic N) is 2. The summed E-state index contributed by atoms with van der Waals surface area (Å²) >= 11 is 0. The van der Waals surface area contributed by atoms with Crippen LogP contribution < -0.4 is 0 Å². The number of rotatable bonds is 8. The van der Waals surface area contributed by atoms with Gasteiger partial charge in [-0.1, -0.05) is 0 Å². The predicted molar refractivity (Wildman–Crippen MR) is 91.7 cm³/mol. The van der Waals surface area contributed by atoms with Crippen molar-refractivity contribution in [3.63, 3.8) is 0 Å². The number of benzene rings is 1. The highest BCUT2D eigenvalue weighted by atomic mass is 32.2. The van der Waals surface area contributed by atoms with E-state index in [1.165, 1.54) is 19.1 Å². The zero-order valence-electron chi connectivity index (χ0n) is 14.8. The second-order valence-electron chi connectivity index (χ2n) is 5.16. The monoisotopic (exact) mass is 398 g/mol. The van der Waals surface area contributed by atoms with E-state index in [1.807, 2.05) is 0 Å². The number of ketones is 1. The SMILES string of the molecule is CCOC(=O)C(C)=COC(=O)C(N=Nc1ccc(S(=O)(=O)O)cc1)C(C)=O. The summed E-state index contributed by atoms with van der Waals surface area (Å²) in [6.45, 7) is 4.24. The minimum atomic E-state index is -4.35. The number of hydrogen-bond acceptors (Lipinski definition) is 9. The van der Waals surface area contributed by atoms with Gasteiger partial charge in [-0.25, -0.2) is 9.59 Å². The fourth-order valence-corrected chi connectivity index (χ4v) is 2.09. The minimum Gasteiger partial charge on any atom is -0.463 e. The van der Waals surface area contributed by atoms with Crippen molar-refractivity contribution in [3.05, 3.63) is 36.1 Å². The maximum Gasteiger partial charge on any atom is 0.345 e. The average Bonchev–Trinajstić information content (AvgIpc) is 2.59. The smallest absolute Gasteiger partial charge is 0.345 e. The number of esters is 2. The van der Waals surface area contributed by atoms with Crippen LogP contribution in [0.25, 0.3) is 0 Å². The molecule has 11 heteroatoms. The van der Waals surface area contributed by atoms with Gasteiger partial charge in [0.25, 0.3) is 10.1 Å². The zero-order valence-corrected chi connectivity index (χ0v) is 15.6. The summed E-state index contributed by atoms with van der Waals surface area (Å²) in [6, 6.07) is 3.03. The van der Waals surface area contributed by atoms with E-state index in [2.05, 4.69) is 10.2 Å². The molecule has 0 bridgehead atoms. The Balaban J connectivity index is 2.88. The molecule has 0 saturated carbocycles. The zero-order chi connectivity index (χ0) is 20.6. The second-order valence-corrected chi connectivity index (χ2v) is 6.58. The molecule has 0 heterocycles. The van der Waals surface area contributed by atoms with Gasteiger partial charge in [-0.15, -0.1) is 0 Å². The van der Waals surface area contributed by atoms with Crippen molar-refractivity contribution in [2.24, 2.45) is 10.2 Å². The van der Waals surface area contributed by atoms with Crippen molar-refractivity contribution in [2.45, 2.75) is 31.7 Å². The first-order chi connectivity index (χ1) is 12.6. The van der Waals surface area contributed by atoms with Crippen molar-refractivity contribution >= 4 is 33.5 Å². The Hall–Kier alpha value is -2.92. The average molecular weight is 398 g/mol. The molecule has 1 aromatic carbocycles. The standard InChI is InChI=1S/C16H18N2O8S/c1-4-25-15(20)10(2)9-26-16(21)14(11(3)19)18-17-12-5-7-13(8-6-12)27(22,23)24/h5-9,14H,4H2,1-3H3,(H,22,23,24). The molecule has 27 heavy (non-hydrogen) atoms. The van der Waals surface area contributed by atoms with Crippen molar-refractivity contribution in [1.29, 1.82) is 0 Å². The van der Waals surface area contributed by atoms with Gasteiger partial charge >= 0.3 is 11.9 Å². The Morgan fingerprint density at radius 3 is 2.26 bits per heavy atom. The summed E-state index contributed by atoms with van der Waals surface area (Å²) in [4.78, 5) is 34.6. The number of azo groups is 1. The highest BCUT2D eigenvalue weighted by Gasteiger charge is 2.25. The van der Waals surface area contributed by atoms with Crippen molar-refractivity contribution in [3.8, 4) is 0 Å². The number of hydrogen-bond donors (Lipinski definition) is 1. The van der Waals surface area contributed by atoms with Gasteiger partial charge in [0.1, 0.15) is 6.26 Å². The molecule has 1 atom stereocenters. The maximum absolute atomic E-state index is 12.0. The number of ether oxygens (including phenoxy) is 2. The lowest BCUT2D eigenvalue weighted by Gasteiger charge is -2.06. The molecule has 1 N–H and O–H groups in total. The Labute approximate surface area is 155 Å². The van der Waals surface area contributed by atoms with E-state index in [-0.39, 0.29) is 22.8 Å². The van der Waals surface area contributed by atoms with Gasteiger partial charge in [-0.3, -0.25) is 9.35 Å². The van der Waals surface area contributed by atoms with E-state index in [0.717, 1.165) is 25.3 Å². The second kappa shape index (κ2) is 9.69. The molecule has 0 aromatic heterocycles. The molecule has 1 aromatic rings. The van der Waals surface area contributed by atoms with Gasteiger partial charge in [-0.2, -0.15) is 18.6 Å². The first-order valence-corrected chi connectivity index (χ1v) is 9.03. The Morgan fingerprint density at radius 1 is 1.19 bits per heavy atom. The molecule has 0 amide bonds. The summed E-state index contributed by atoms with van der Waals surface area (Å²) in [5, 5.41) is 7.27. The van der Waals surface area contributed by atoms with Gasteiger partial charge in [0.2, 0.25) is 6.04 Å². The summed E-state index contributed by atoms with van der Waals surface area (Å²) in [5.41, 5.74) is 0.157. The van der Waals surface area contributed by atoms with Crippen LogP contribution >= 0.6 is 0 Å². The number of carbonyl (C=O) groups excluding carboxylic acids is 3. The predicted octanol–water partition coefficient (Wildman–Crippen LogP) is 1.98. The van der Waals surface area contributed by atoms with Crippen molar-refractivity contribution in [2.75, 3.05) is 6.61 Å². The lowest BCUT2D eigenvalue weighted by Crippen LogP contribution is -2.27. The maximum atomic E-state index is 12.0. The van der Waals surface area contributed by atoms with Crippen LogP contribution in [0.15, 0.2) is 51.2 Å². The van der Waals surface area contributed by atoms with Crippen molar-refractivity contribution < 1.29 is 36.8 Å². The highest BCUT2D eigenvalue weighted by Crippen LogP contribution is 2.17. The number of carbonyl (C=O) groups is 3. The Bertz CT molecular complexity index is 872. The van der Waals surface area contributed by atoms with Crippen LogP contribution in [0, 0.1) is 0 Å². The summed E-state index contributed by atoms with van der Waals surface area (Å²) in [6.07, 6.45) is 0.854. The van der Waals surface area contributed by atoms with Gasteiger partial charge in [0.15, 0.2) is 5.78 Å². The molecule has 1 rings (SSSR count). The minimum absolute atomic E-state index is 0.0187. The molecular formula is C16H18N2O8S. The van der Waals surface area contributed by atoms with Crippen LogP contribution in [0.5, 0.6) is 0 Å². The van der Waals surface area contributed by atoms with Gasteiger partial charge < -0.3 is 9.47 Å². The van der Waals surface area contributed by atoms with Crippen LogP contribution in [0.3, 0.4) is 0 Å². The highest BCUT2D eigenvalue weighted by molar-refractivity contribution is 7.85. The van der Waals surface area contributed by atoms with E-state index in [4.69, 9.17) is 14.0 Å². The largest absolute Gasteiger partial charge is 0.463 e. The Morgan fingerprint density at radius 2 is 1.78 bits per heavy atom. The molecule has 10 nitrogen and oxygen atoms in total. The van der Waals surface area contributed by atoms with Gasteiger partial charge in [0, 0.05) is 0 Å². The van der Waals surface area contributed by atoms with E-state index < -0.39 is 33.9 Å². The first-order valence-electron chi connectivity index (χ1n) is 7.59. The van der Waals surface area contributed by atoms with E-state index in [1.54, 1.807) is 6.92 Å². The molecule has 146 valence electrons. The molecule has 0 aliphatic carbocycles. The lowest BCUT2D eigenvalue weighted by molar-refractivity contribution is -0.142. The molecular weight excluding hydrogens is 380 g/mol.